The first-order valence-electron chi connectivity index (χ1n) is 20.3. The van der Waals surface area contributed by atoms with Crippen molar-refractivity contribution in [2.75, 3.05) is 27.8 Å². The highest BCUT2D eigenvalue weighted by molar-refractivity contribution is 7.99. The van der Waals surface area contributed by atoms with E-state index in [1.807, 2.05) is 60.7 Å². The maximum absolute atomic E-state index is 13.7. The van der Waals surface area contributed by atoms with Gasteiger partial charge in [-0.05, 0) is 124 Å². The van der Waals surface area contributed by atoms with Crippen molar-refractivity contribution in [3.05, 3.63) is 132 Å². The van der Waals surface area contributed by atoms with E-state index in [4.69, 9.17) is 14.5 Å². The van der Waals surface area contributed by atoms with Crippen LogP contribution in [0.2, 0.25) is 0 Å². The number of nitrogens with one attached hydrogen (secondary N) is 4. The van der Waals surface area contributed by atoms with Gasteiger partial charge in [0.05, 0.1) is 11.1 Å². The number of carbonyl (C=O) groups excluding carboxylic acids is 4. The van der Waals surface area contributed by atoms with E-state index in [1.54, 1.807) is 69.3 Å². The van der Waals surface area contributed by atoms with Crippen molar-refractivity contribution in [3.63, 3.8) is 0 Å². The van der Waals surface area contributed by atoms with Crippen molar-refractivity contribution in [2.24, 2.45) is 0 Å². The Bertz CT molecular complexity index is 2570. The molecule has 2 aromatic heterocycles. The zero-order valence-corrected chi connectivity index (χ0v) is 35.9. The Balaban J connectivity index is 1.05. The Morgan fingerprint density at radius 1 is 0.823 bits per heavy atom. The van der Waals surface area contributed by atoms with Crippen LogP contribution >= 0.6 is 11.8 Å². The molecule has 4 aromatic carbocycles. The molecular weight excluding hydrogens is 805 g/mol. The van der Waals surface area contributed by atoms with E-state index < -0.39 is 23.8 Å². The number of hydrogen-bond donors (Lipinski definition) is 4. The zero-order chi connectivity index (χ0) is 43.8. The third-order valence-corrected chi connectivity index (χ3v) is 10.8. The fourth-order valence-electron chi connectivity index (χ4n) is 6.64. The largest absolute Gasteiger partial charge is 0.445 e. The lowest BCUT2D eigenvalue weighted by molar-refractivity contribution is -0.120. The number of fused-ring (bicyclic) bond motifs is 1. The van der Waals surface area contributed by atoms with Crippen LogP contribution in [0.4, 0.5) is 38.2 Å². The Morgan fingerprint density at radius 2 is 1.52 bits per heavy atom. The van der Waals surface area contributed by atoms with Crippen LogP contribution in [0.25, 0.3) is 11.0 Å². The second-order valence-electron chi connectivity index (χ2n) is 16.0. The van der Waals surface area contributed by atoms with Crippen molar-refractivity contribution in [1.82, 2.24) is 19.9 Å². The molecule has 0 bridgehead atoms. The quantitative estimate of drug-likeness (QED) is 0.0921. The van der Waals surface area contributed by atoms with E-state index in [0.29, 0.717) is 59.2 Å². The molecule has 1 atom stereocenters. The molecule has 1 unspecified atom stereocenters. The van der Waals surface area contributed by atoms with Crippen LogP contribution in [0.15, 0.2) is 125 Å². The SMILES string of the molecule is CC(C)c1ccc2c(Nc3cc(C(=O)Nc4ccc(NC(=O)C5CCCN5C(=O)OCc5ccccc5)cc4)ccc3Sc3ccc(NC(=O)OC(C)(C)C)cc3)ncnc2n1. The maximum Gasteiger partial charge on any atom is 0.412 e. The molecule has 0 spiro atoms. The van der Waals surface area contributed by atoms with E-state index in [1.165, 1.54) is 23.0 Å². The summed E-state index contributed by atoms with van der Waals surface area (Å²) in [5.41, 5.74) is 4.32. The minimum atomic E-state index is -0.656. The van der Waals surface area contributed by atoms with Crippen molar-refractivity contribution in [3.8, 4) is 0 Å². The molecule has 1 saturated heterocycles. The number of benzene rings is 4. The van der Waals surface area contributed by atoms with Gasteiger partial charge in [-0.15, -0.1) is 0 Å². The van der Waals surface area contributed by atoms with Crippen LogP contribution in [0.3, 0.4) is 0 Å². The van der Waals surface area contributed by atoms with Gasteiger partial charge in [-0.25, -0.2) is 24.5 Å². The van der Waals surface area contributed by atoms with Crippen LogP contribution in [0.5, 0.6) is 0 Å². The number of pyridine rings is 1. The van der Waals surface area contributed by atoms with Crippen LogP contribution in [0.1, 0.15) is 75.0 Å². The number of hydrogen-bond acceptors (Lipinski definition) is 11. The molecule has 1 fully saturated rings. The highest BCUT2D eigenvalue weighted by Gasteiger charge is 2.35. The van der Waals surface area contributed by atoms with Gasteiger partial charge in [0.25, 0.3) is 5.91 Å². The van der Waals surface area contributed by atoms with Gasteiger partial charge in [0.1, 0.15) is 30.4 Å². The Hall–Kier alpha value is -7.00. The molecule has 6 aromatic rings. The number of likely N-dealkylation sites (tertiary alicyclic amines) is 1. The highest BCUT2D eigenvalue weighted by atomic mass is 32.2. The van der Waals surface area contributed by atoms with E-state index in [2.05, 4.69) is 45.1 Å². The molecule has 318 valence electrons. The molecule has 4 amide bonds. The standard InChI is InChI=1S/C47H48N8O6S/c1-29(2)37-23-22-36-41(53-37)48-28-49-42(36)54-38-26-31(13-24-40(38)62-35-20-18-34(19-21-35)52-45(58)61-47(3,4)5)43(56)50-32-14-16-33(17-15-32)51-44(57)39-12-9-25-55(39)46(59)60-27-30-10-7-6-8-11-30/h6-8,10-11,13-24,26,28-29,39H,9,12,25,27H2,1-5H3,(H,50,56)(H,51,57)(H,52,58)(H,48,49,53,54). The average Bonchev–Trinajstić information content (AvgIpc) is 3.75. The third kappa shape index (κ3) is 11.2. The molecule has 1 aliphatic rings. The number of amides is 4. The molecule has 15 heteroatoms. The lowest BCUT2D eigenvalue weighted by atomic mass is 10.1. The third-order valence-electron chi connectivity index (χ3n) is 9.74. The van der Waals surface area contributed by atoms with E-state index in [0.717, 1.165) is 26.4 Å². The normalized spacial score (nSPS) is 13.7. The predicted octanol–water partition coefficient (Wildman–Crippen LogP) is 10.4. The molecule has 4 N–H and O–H groups in total. The number of anilines is 5. The van der Waals surface area contributed by atoms with Crippen molar-refractivity contribution < 1.29 is 28.7 Å². The number of aromatic nitrogens is 3. The lowest BCUT2D eigenvalue weighted by Crippen LogP contribution is -2.43. The Morgan fingerprint density at radius 3 is 2.23 bits per heavy atom. The molecule has 14 nitrogen and oxygen atoms in total. The Labute approximate surface area is 364 Å². The van der Waals surface area contributed by atoms with Crippen molar-refractivity contribution >= 4 is 75.4 Å². The van der Waals surface area contributed by atoms with Crippen LogP contribution in [0, 0.1) is 0 Å². The number of nitrogens with zero attached hydrogens (tertiary/aromatic N) is 4. The number of ether oxygens (including phenoxy) is 2. The molecule has 62 heavy (non-hydrogen) atoms. The molecule has 0 radical (unpaired) electrons. The minimum absolute atomic E-state index is 0.126. The zero-order valence-electron chi connectivity index (χ0n) is 35.1. The lowest BCUT2D eigenvalue weighted by Gasteiger charge is -2.23. The van der Waals surface area contributed by atoms with Gasteiger partial charge in [0, 0.05) is 44.7 Å². The Kier molecular flexibility index (Phi) is 13.3. The monoisotopic (exact) mass is 852 g/mol. The van der Waals surface area contributed by atoms with Gasteiger partial charge < -0.3 is 25.4 Å². The summed E-state index contributed by atoms with van der Waals surface area (Å²) < 4.78 is 10.9. The summed E-state index contributed by atoms with van der Waals surface area (Å²) in [5.74, 6) is 0.0763. The van der Waals surface area contributed by atoms with Crippen LogP contribution in [-0.2, 0) is 20.9 Å². The second-order valence-corrected chi connectivity index (χ2v) is 17.1. The summed E-state index contributed by atoms with van der Waals surface area (Å²) in [6, 6.07) is 32.1. The van der Waals surface area contributed by atoms with Gasteiger partial charge in [-0.2, -0.15) is 0 Å². The molecule has 0 aliphatic carbocycles. The summed E-state index contributed by atoms with van der Waals surface area (Å²) >= 11 is 1.47. The van der Waals surface area contributed by atoms with Gasteiger partial charge >= 0.3 is 12.2 Å². The van der Waals surface area contributed by atoms with Crippen LogP contribution < -0.4 is 21.3 Å². The molecule has 0 saturated carbocycles. The smallest absolute Gasteiger partial charge is 0.412 e. The average molecular weight is 853 g/mol. The molecule has 3 heterocycles. The second kappa shape index (κ2) is 19.1. The topological polar surface area (TPSA) is 177 Å². The first kappa shape index (κ1) is 43.1. The van der Waals surface area contributed by atoms with Crippen LogP contribution in [-0.4, -0.2) is 62.0 Å². The van der Waals surface area contributed by atoms with E-state index in [-0.39, 0.29) is 24.3 Å². The molecular formula is C47H48N8O6S. The molecule has 1 aliphatic heterocycles. The van der Waals surface area contributed by atoms with Crippen molar-refractivity contribution in [2.45, 2.75) is 81.4 Å². The fourth-order valence-corrected chi connectivity index (χ4v) is 7.53. The van der Waals surface area contributed by atoms with E-state index in [9.17, 15) is 19.2 Å². The minimum Gasteiger partial charge on any atom is -0.445 e. The van der Waals surface area contributed by atoms with Gasteiger partial charge in [0.15, 0.2) is 5.65 Å². The number of carbonyl (C=O) groups is 4. The molecule has 7 rings (SSSR count). The number of rotatable bonds is 12. The van der Waals surface area contributed by atoms with Gasteiger partial charge in [0.2, 0.25) is 5.91 Å². The van der Waals surface area contributed by atoms with Gasteiger partial charge in [-0.1, -0.05) is 55.9 Å². The predicted molar refractivity (Wildman–Crippen MR) is 241 cm³/mol. The van der Waals surface area contributed by atoms with Gasteiger partial charge in [-0.3, -0.25) is 19.8 Å². The highest BCUT2D eigenvalue weighted by Crippen LogP contribution is 2.37. The fraction of sp³-hybridized carbons (Fsp3) is 0.255. The summed E-state index contributed by atoms with van der Waals surface area (Å²) in [6.07, 6.45) is 1.60. The van der Waals surface area contributed by atoms with Crippen molar-refractivity contribution in [1.29, 1.82) is 0 Å². The van der Waals surface area contributed by atoms with E-state index >= 15 is 0 Å². The first-order valence-corrected chi connectivity index (χ1v) is 21.1. The maximum atomic E-state index is 13.7. The summed E-state index contributed by atoms with van der Waals surface area (Å²) in [6.45, 7) is 10.1. The summed E-state index contributed by atoms with van der Waals surface area (Å²) in [4.78, 5) is 69.1. The first-order chi connectivity index (χ1) is 29.8. The summed E-state index contributed by atoms with van der Waals surface area (Å²) in [7, 11) is 0. The summed E-state index contributed by atoms with van der Waals surface area (Å²) in [5, 5.41) is 12.8.